The van der Waals surface area contributed by atoms with Crippen LogP contribution in [0, 0.1) is 11.6 Å². The molecular formula is C9H11F2N3S. The van der Waals surface area contributed by atoms with Crippen LogP contribution in [0.2, 0.25) is 0 Å². The number of nitrogens with two attached hydrogens (primary N) is 1. The first-order valence-corrected chi connectivity index (χ1v) is 4.72. The van der Waals surface area contributed by atoms with Crippen molar-refractivity contribution in [2.75, 3.05) is 18.5 Å². The highest BCUT2D eigenvalue weighted by Crippen LogP contribution is 2.15. The normalized spacial score (nSPS) is 10.1. The molecular weight excluding hydrogens is 220 g/mol. The first-order chi connectivity index (χ1) is 7.00. The zero-order chi connectivity index (χ0) is 11.4. The number of pyridine rings is 1. The Morgan fingerprint density at radius 2 is 2.27 bits per heavy atom. The minimum Gasteiger partial charge on any atom is -0.393 e. The van der Waals surface area contributed by atoms with Crippen LogP contribution in [-0.2, 0) is 0 Å². The Bertz CT molecular complexity index is 370. The molecule has 0 bridgehead atoms. The van der Waals surface area contributed by atoms with Gasteiger partial charge in [-0.25, -0.2) is 13.8 Å². The van der Waals surface area contributed by atoms with Gasteiger partial charge in [-0.05, 0) is 0 Å². The van der Waals surface area contributed by atoms with Crippen molar-refractivity contribution < 1.29 is 8.78 Å². The minimum atomic E-state index is -0.695. The predicted molar refractivity (Wildman–Crippen MR) is 58.8 cm³/mol. The van der Waals surface area contributed by atoms with Crippen molar-refractivity contribution in [3.63, 3.8) is 0 Å². The van der Waals surface area contributed by atoms with Gasteiger partial charge in [0.1, 0.15) is 5.82 Å². The summed E-state index contributed by atoms with van der Waals surface area (Å²) in [5.41, 5.74) is 5.31. The summed E-state index contributed by atoms with van der Waals surface area (Å²) in [6.07, 6.45) is 1.43. The fourth-order valence-electron chi connectivity index (χ4n) is 1.07. The molecule has 1 heterocycles. The quantitative estimate of drug-likeness (QED) is 0.797. The molecule has 1 rings (SSSR count). The van der Waals surface area contributed by atoms with E-state index in [1.165, 1.54) is 4.90 Å². The van der Waals surface area contributed by atoms with Crippen molar-refractivity contribution >= 4 is 23.0 Å². The summed E-state index contributed by atoms with van der Waals surface area (Å²) < 4.78 is 25.8. The third-order valence-electron chi connectivity index (χ3n) is 1.84. The summed E-state index contributed by atoms with van der Waals surface area (Å²) >= 11 is 4.69. The summed E-state index contributed by atoms with van der Waals surface area (Å²) in [5, 5.41) is 0. The lowest BCUT2D eigenvalue weighted by Crippen LogP contribution is -2.25. The van der Waals surface area contributed by atoms with Crippen LogP contribution in [0.4, 0.5) is 14.6 Å². The van der Waals surface area contributed by atoms with E-state index in [4.69, 9.17) is 18.0 Å². The Kier molecular flexibility index (Phi) is 3.90. The van der Waals surface area contributed by atoms with Crippen molar-refractivity contribution in [2.24, 2.45) is 5.73 Å². The lowest BCUT2D eigenvalue weighted by molar-refractivity contribution is 0.570. The van der Waals surface area contributed by atoms with Gasteiger partial charge >= 0.3 is 0 Å². The molecule has 0 amide bonds. The molecule has 6 heteroatoms. The second kappa shape index (κ2) is 4.97. The van der Waals surface area contributed by atoms with E-state index in [2.05, 4.69) is 4.98 Å². The van der Waals surface area contributed by atoms with Crippen LogP contribution in [0.5, 0.6) is 0 Å². The highest BCUT2D eigenvalue weighted by atomic mass is 32.1. The maximum atomic E-state index is 13.2. The van der Waals surface area contributed by atoms with Gasteiger partial charge in [0, 0.05) is 26.1 Å². The molecule has 0 atom stereocenters. The fourth-order valence-corrected chi connectivity index (χ4v) is 1.16. The predicted octanol–water partition coefficient (Wildman–Crippen LogP) is 1.47. The lowest BCUT2D eigenvalue weighted by atomic mass is 10.3. The highest BCUT2D eigenvalue weighted by molar-refractivity contribution is 7.80. The maximum Gasteiger partial charge on any atom is 0.168 e. The number of thiocarbonyl (C=S) groups is 1. The van der Waals surface area contributed by atoms with Gasteiger partial charge in [0.25, 0.3) is 0 Å². The number of hydrogen-bond acceptors (Lipinski definition) is 3. The van der Waals surface area contributed by atoms with Gasteiger partial charge in [0.05, 0.1) is 11.2 Å². The van der Waals surface area contributed by atoms with Crippen LogP contribution in [0.25, 0.3) is 0 Å². The molecule has 0 aliphatic heterocycles. The smallest absolute Gasteiger partial charge is 0.168 e. The average molecular weight is 231 g/mol. The van der Waals surface area contributed by atoms with Crippen molar-refractivity contribution in [1.82, 2.24) is 4.98 Å². The average Bonchev–Trinajstić information content (AvgIpc) is 2.14. The van der Waals surface area contributed by atoms with E-state index in [1.54, 1.807) is 7.05 Å². The number of aromatic nitrogens is 1. The molecule has 0 saturated heterocycles. The summed E-state index contributed by atoms with van der Waals surface area (Å²) in [6.45, 7) is 0.449. The monoisotopic (exact) mass is 231 g/mol. The first kappa shape index (κ1) is 11.8. The molecule has 0 aliphatic rings. The van der Waals surface area contributed by atoms with Gasteiger partial charge in [-0.3, -0.25) is 0 Å². The van der Waals surface area contributed by atoms with Crippen LogP contribution in [0.3, 0.4) is 0 Å². The third kappa shape index (κ3) is 3.39. The number of hydrogen-bond donors (Lipinski definition) is 1. The van der Waals surface area contributed by atoms with Gasteiger partial charge in [-0.2, -0.15) is 0 Å². The van der Waals surface area contributed by atoms with E-state index in [9.17, 15) is 8.78 Å². The maximum absolute atomic E-state index is 13.2. The van der Waals surface area contributed by atoms with Crippen LogP contribution in [0.1, 0.15) is 6.42 Å². The van der Waals surface area contributed by atoms with Crippen LogP contribution < -0.4 is 10.6 Å². The lowest BCUT2D eigenvalue weighted by Gasteiger charge is -2.17. The Balaban J connectivity index is 2.73. The molecule has 0 saturated carbocycles. The number of anilines is 1. The molecule has 0 unspecified atom stereocenters. The van der Waals surface area contributed by atoms with Crippen molar-refractivity contribution in [2.45, 2.75) is 6.42 Å². The minimum absolute atomic E-state index is 0.0904. The third-order valence-corrected chi connectivity index (χ3v) is 2.05. The van der Waals surface area contributed by atoms with Crippen molar-refractivity contribution in [3.05, 3.63) is 23.9 Å². The summed E-state index contributed by atoms with van der Waals surface area (Å²) in [5.74, 6) is -1.30. The number of rotatable bonds is 4. The van der Waals surface area contributed by atoms with E-state index in [-0.39, 0.29) is 5.82 Å². The SMILES string of the molecule is CN(CCC(N)=S)c1ncc(F)cc1F. The Hall–Kier alpha value is -1.30. The van der Waals surface area contributed by atoms with Gasteiger partial charge in [-0.15, -0.1) is 0 Å². The standard InChI is InChI=1S/C9H11F2N3S/c1-14(3-2-8(12)15)9-7(11)4-6(10)5-13-9/h4-5H,2-3H2,1H3,(H2,12,15). The van der Waals surface area contributed by atoms with Gasteiger partial charge in [0.2, 0.25) is 0 Å². The van der Waals surface area contributed by atoms with E-state index in [1.807, 2.05) is 0 Å². The van der Waals surface area contributed by atoms with Crippen LogP contribution >= 0.6 is 12.2 Å². The van der Waals surface area contributed by atoms with Crippen molar-refractivity contribution in [3.8, 4) is 0 Å². The van der Waals surface area contributed by atoms with E-state index in [0.29, 0.717) is 18.0 Å². The van der Waals surface area contributed by atoms with Gasteiger partial charge in [0.15, 0.2) is 11.6 Å². The van der Waals surface area contributed by atoms with Crippen LogP contribution in [-0.4, -0.2) is 23.6 Å². The molecule has 82 valence electrons. The largest absolute Gasteiger partial charge is 0.393 e. The zero-order valence-corrected chi connectivity index (χ0v) is 9.02. The number of halogens is 2. The molecule has 0 spiro atoms. The fraction of sp³-hybridized carbons (Fsp3) is 0.333. The highest BCUT2D eigenvalue weighted by Gasteiger charge is 2.10. The molecule has 2 N–H and O–H groups in total. The molecule has 0 aromatic carbocycles. The molecule has 0 radical (unpaired) electrons. The summed E-state index contributed by atoms with van der Waals surface area (Å²) in [6, 6.07) is 0.791. The first-order valence-electron chi connectivity index (χ1n) is 4.31. The summed E-state index contributed by atoms with van der Waals surface area (Å²) in [7, 11) is 1.64. The van der Waals surface area contributed by atoms with Gasteiger partial charge in [-0.1, -0.05) is 12.2 Å². The van der Waals surface area contributed by atoms with Gasteiger partial charge < -0.3 is 10.6 Å². The Labute approximate surface area is 91.9 Å². The second-order valence-corrected chi connectivity index (χ2v) is 3.62. The molecule has 0 aliphatic carbocycles. The van der Waals surface area contributed by atoms with E-state index < -0.39 is 11.6 Å². The Morgan fingerprint density at radius 1 is 1.60 bits per heavy atom. The Morgan fingerprint density at radius 3 is 2.80 bits per heavy atom. The molecule has 1 aromatic heterocycles. The molecule has 3 nitrogen and oxygen atoms in total. The number of nitrogens with zero attached hydrogens (tertiary/aromatic N) is 2. The molecule has 1 aromatic rings. The topological polar surface area (TPSA) is 42.1 Å². The summed E-state index contributed by atoms with van der Waals surface area (Å²) in [4.78, 5) is 5.53. The van der Waals surface area contributed by atoms with Crippen LogP contribution in [0.15, 0.2) is 12.3 Å². The van der Waals surface area contributed by atoms with E-state index >= 15 is 0 Å². The molecule has 15 heavy (non-hydrogen) atoms. The second-order valence-electron chi connectivity index (χ2n) is 3.10. The van der Waals surface area contributed by atoms with E-state index in [0.717, 1.165) is 12.3 Å². The molecule has 0 fully saturated rings. The zero-order valence-electron chi connectivity index (χ0n) is 8.20. The van der Waals surface area contributed by atoms with Crippen molar-refractivity contribution in [1.29, 1.82) is 0 Å².